The molecule has 1 aliphatic carbocycles. The molecule has 0 unspecified atom stereocenters. The quantitative estimate of drug-likeness (QED) is 0.639. The standard InChI is InChI=1S/C16H18ClF3O/c17-11-14(13-4-2-1-3-5-13)10-12-6-8-15(9-7-12)21-16(18,19)20/h6-10,13H,1-5,11H2/b14-10-. The molecule has 0 aromatic heterocycles. The average Bonchev–Trinajstić information content (AvgIpc) is 2.46. The molecule has 0 amide bonds. The maximum atomic E-state index is 12.1. The smallest absolute Gasteiger partial charge is 0.406 e. The SMILES string of the molecule is FC(F)(F)Oc1ccc(/C=C(/CCl)C2CCCCC2)cc1. The minimum absolute atomic E-state index is 0.204. The fourth-order valence-corrected chi connectivity index (χ4v) is 3.01. The fraction of sp³-hybridized carbons (Fsp3) is 0.500. The highest BCUT2D eigenvalue weighted by Gasteiger charge is 2.30. The van der Waals surface area contributed by atoms with E-state index in [0.29, 0.717) is 11.8 Å². The molecular weight excluding hydrogens is 301 g/mol. The number of halogens is 4. The van der Waals surface area contributed by atoms with E-state index < -0.39 is 6.36 Å². The summed E-state index contributed by atoms with van der Waals surface area (Å²) in [5, 5.41) is 0. The third-order valence-corrected chi connectivity index (χ3v) is 4.06. The molecule has 0 bridgehead atoms. The van der Waals surface area contributed by atoms with Gasteiger partial charge in [-0.2, -0.15) is 0 Å². The van der Waals surface area contributed by atoms with Crippen molar-refractivity contribution >= 4 is 17.7 Å². The van der Waals surface area contributed by atoms with Gasteiger partial charge in [0.25, 0.3) is 0 Å². The second-order valence-corrected chi connectivity index (χ2v) is 5.57. The number of allylic oxidation sites excluding steroid dienone is 1. The lowest BCUT2D eigenvalue weighted by molar-refractivity contribution is -0.274. The third kappa shape index (κ3) is 5.27. The van der Waals surface area contributed by atoms with Crippen molar-refractivity contribution in [1.29, 1.82) is 0 Å². The molecule has 0 saturated heterocycles. The first-order chi connectivity index (χ1) is 9.98. The Balaban J connectivity index is 2.07. The minimum atomic E-state index is -4.65. The van der Waals surface area contributed by atoms with Crippen molar-refractivity contribution in [1.82, 2.24) is 0 Å². The van der Waals surface area contributed by atoms with E-state index >= 15 is 0 Å². The monoisotopic (exact) mass is 318 g/mol. The summed E-state index contributed by atoms with van der Waals surface area (Å²) in [5.74, 6) is 0.762. The largest absolute Gasteiger partial charge is 0.573 e. The maximum Gasteiger partial charge on any atom is 0.573 e. The number of hydrogen-bond donors (Lipinski definition) is 0. The molecule has 0 aliphatic heterocycles. The van der Waals surface area contributed by atoms with Crippen LogP contribution in [0.2, 0.25) is 0 Å². The highest BCUT2D eigenvalue weighted by atomic mass is 35.5. The molecular formula is C16H18ClF3O. The van der Waals surface area contributed by atoms with E-state index in [1.54, 1.807) is 12.1 Å². The normalized spacial score (nSPS) is 17.8. The Bertz CT molecular complexity index is 473. The van der Waals surface area contributed by atoms with Crippen LogP contribution in [-0.4, -0.2) is 12.2 Å². The summed E-state index contributed by atoms with van der Waals surface area (Å²) in [6.45, 7) is 0. The van der Waals surface area contributed by atoms with Crippen LogP contribution < -0.4 is 4.74 Å². The van der Waals surface area contributed by atoms with Gasteiger partial charge < -0.3 is 4.74 Å². The van der Waals surface area contributed by atoms with Gasteiger partial charge in [-0.1, -0.05) is 43.0 Å². The van der Waals surface area contributed by atoms with Gasteiger partial charge in [-0.3, -0.25) is 0 Å². The van der Waals surface area contributed by atoms with Crippen LogP contribution in [-0.2, 0) is 0 Å². The lowest BCUT2D eigenvalue weighted by Gasteiger charge is -2.23. The van der Waals surface area contributed by atoms with Gasteiger partial charge in [-0.25, -0.2) is 0 Å². The summed E-state index contributed by atoms with van der Waals surface area (Å²) in [6, 6.07) is 5.89. The summed E-state index contributed by atoms with van der Waals surface area (Å²) >= 11 is 6.03. The van der Waals surface area contributed by atoms with Gasteiger partial charge >= 0.3 is 6.36 Å². The molecule has 1 aliphatic rings. The van der Waals surface area contributed by atoms with Crippen LogP contribution in [0.3, 0.4) is 0 Å². The summed E-state index contributed by atoms with van der Waals surface area (Å²) < 4.78 is 40.2. The second-order valence-electron chi connectivity index (χ2n) is 5.30. The predicted molar refractivity (Wildman–Crippen MR) is 78.4 cm³/mol. The van der Waals surface area contributed by atoms with Crippen molar-refractivity contribution in [2.75, 3.05) is 5.88 Å². The Labute approximate surface area is 127 Å². The molecule has 21 heavy (non-hydrogen) atoms. The molecule has 0 spiro atoms. The number of benzene rings is 1. The van der Waals surface area contributed by atoms with E-state index in [9.17, 15) is 13.2 Å². The van der Waals surface area contributed by atoms with E-state index in [4.69, 9.17) is 11.6 Å². The lowest BCUT2D eigenvalue weighted by atomic mass is 9.84. The molecule has 0 atom stereocenters. The highest BCUT2D eigenvalue weighted by molar-refractivity contribution is 6.19. The Kier molecular flexibility index (Phi) is 5.57. The molecule has 1 nitrogen and oxygen atoms in total. The molecule has 5 heteroatoms. The highest BCUT2D eigenvalue weighted by Crippen LogP contribution is 2.32. The summed E-state index contributed by atoms with van der Waals surface area (Å²) in [6.07, 6.45) is 3.34. The van der Waals surface area contributed by atoms with Gasteiger partial charge in [-0.15, -0.1) is 24.8 Å². The van der Waals surface area contributed by atoms with Crippen molar-refractivity contribution in [2.45, 2.75) is 38.5 Å². The van der Waals surface area contributed by atoms with Gasteiger partial charge in [-0.05, 0) is 36.5 Å². The molecule has 1 saturated carbocycles. The summed E-state index contributed by atoms with van der Waals surface area (Å²) in [4.78, 5) is 0. The van der Waals surface area contributed by atoms with Crippen molar-refractivity contribution in [3.63, 3.8) is 0 Å². The molecule has 0 N–H and O–H groups in total. The Morgan fingerprint density at radius 2 is 1.76 bits per heavy atom. The van der Waals surface area contributed by atoms with Gasteiger partial charge in [0.2, 0.25) is 0 Å². The number of alkyl halides is 4. The first-order valence-corrected chi connectivity index (χ1v) is 7.63. The molecule has 1 aromatic carbocycles. The van der Waals surface area contributed by atoms with Gasteiger partial charge in [0.1, 0.15) is 5.75 Å². The van der Waals surface area contributed by atoms with E-state index in [1.807, 2.05) is 6.08 Å². The van der Waals surface area contributed by atoms with Crippen LogP contribution in [0.5, 0.6) is 5.75 Å². The topological polar surface area (TPSA) is 9.23 Å². The molecule has 0 heterocycles. The van der Waals surface area contributed by atoms with E-state index in [-0.39, 0.29) is 5.75 Å². The zero-order valence-corrected chi connectivity index (χ0v) is 12.4. The fourth-order valence-electron chi connectivity index (χ4n) is 2.72. The van der Waals surface area contributed by atoms with Gasteiger partial charge in [0.15, 0.2) is 0 Å². The lowest BCUT2D eigenvalue weighted by Crippen LogP contribution is -2.16. The Hall–Kier alpha value is -1.16. The Morgan fingerprint density at radius 1 is 1.14 bits per heavy atom. The van der Waals surface area contributed by atoms with Crippen LogP contribution >= 0.6 is 11.6 Å². The van der Waals surface area contributed by atoms with E-state index in [1.165, 1.54) is 37.0 Å². The number of hydrogen-bond acceptors (Lipinski definition) is 1. The van der Waals surface area contributed by atoms with Gasteiger partial charge in [0.05, 0.1) is 0 Å². The zero-order chi connectivity index (χ0) is 15.3. The molecule has 1 aromatic rings. The van der Waals surface area contributed by atoms with Crippen LogP contribution in [0.25, 0.3) is 6.08 Å². The summed E-state index contributed by atoms with van der Waals surface area (Å²) in [5.41, 5.74) is 2.02. The van der Waals surface area contributed by atoms with Crippen LogP contribution in [0.4, 0.5) is 13.2 Å². The Morgan fingerprint density at radius 3 is 2.29 bits per heavy atom. The number of rotatable bonds is 4. The van der Waals surface area contributed by atoms with Crippen molar-refractivity contribution in [3.05, 3.63) is 35.4 Å². The predicted octanol–water partition coefficient (Wildman–Crippen LogP) is 5.79. The summed E-state index contributed by atoms with van der Waals surface area (Å²) in [7, 11) is 0. The van der Waals surface area contributed by atoms with Crippen LogP contribution in [0, 0.1) is 5.92 Å². The average molecular weight is 319 g/mol. The van der Waals surface area contributed by atoms with Crippen molar-refractivity contribution < 1.29 is 17.9 Å². The first kappa shape index (κ1) is 16.2. The second kappa shape index (κ2) is 7.21. The van der Waals surface area contributed by atoms with Crippen molar-refractivity contribution in [3.8, 4) is 5.75 Å². The maximum absolute atomic E-state index is 12.1. The number of ether oxygens (including phenoxy) is 1. The van der Waals surface area contributed by atoms with Crippen LogP contribution in [0.1, 0.15) is 37.7 Å². The molecule has 0 radical (unpaired) electrons. The van der Waals surface area contributed by atoms with E-state index in [0.717, 1.165) is 18.4 Å². The van der Waals surface area contributed by atoms with Gasteiger partial charge in [0, 0.05) is 5.88 Å². The molecule has 2 rings (SSSR count). The molecule has 1 fully saturated rings. The third-order valence-electron chi connectivity index (χ3n) is 3.75. The molecule has 116 valence electrons. The van der Waals surface area contributed by atoms with Crippen molar-refractivity contribution in [2.24, 2.45) is 5.92 Å². The minimum Gasteiger partial charge on any atom is -0.406 e. The zero-order valence-electron chi connectivity index (χ0n) is 11.6. The first-order valence-electron chi connectivity index (χ1n) is 7.10. The van der Waals surface area contributed by atoms with E-state index in [2.05, 4.69) is 4.74 Å². The van der Waals surface area contributed by atoms with Crippen LogP contribution in [0.15, 0.2) is 29.8 Å².